The summed E-state index contributed by atoms with van der Waals surface area (Å²) in [5.41, 5.74) is -0.397. The van der Waals surface area contributed by atoms with Gasteiger partial charge < -0.3 is 15.0 Å². The Morgan fingerprint density at radius 1 is 1.31 bits per heavy atom. The molecule has 2 saturated heterocycles. The van der Waals surface area contributed by atoms with Gasteiger partial charge in [0.15, 0.2) is 0 Å². The molecule has 2 rings (SSSR count). The first-order valence-electron chi connectivity index (χ1n) is 5.92. The van der Waals surface area contributed by atoms with Gasteiger partial charge in [-0.3, -0.25) is 4.90 Å². The van der Waals surface area contributed by atoms with E-state index in [-0.39, 0.29) is 5.97 Å². The molecule has 0 aliphatic carbocycles. The molecule has 16 heavy (non-hydrogen) atoms. The first-order chi connectivity index (χ1) is 7.69. The minimum Gasteiger partial charge on any atom is -0.468 e. The van der Waals surface area contributed by atoms with Crippen molar-refractivity contribution in [2.45, 2.75) is 12.0 Å². The van der Waals surface area contributed by atoms with Gasteiger partial charge in [-0.25, -0.2) is 4.79 Å². The maximum atomic E-state index is 12.1. The number of likely N-dealkylation sites (tertiary alicyclic amines) is 1. The lowest BCUT2D eigenvalue weighted by atomic mass is 9.95. The van der Waals surface area contributed by atoms with Crippen LogP contribution in [-0.4, -0.2) is 74.7 Å². The second-order valence-electron chi connectivity index (χ2n) is 4.75. The molecule has 0 amide bonds. The largest absolute Gasteiger partial charge is 0.468 e. The second-order valence-corrected chi connectivity index (χ2v) is 4.75. The highest BCUT2D eigenvalue weighted by molar-refractivity contribution is 5.81. The van der Waals surface area contributed by atoms with Gasteiger partial charge in [0.05, 0.1) is 7.11 Å². The molecule has 5 heteroatoms. The van der Waals surface area contributed by atoms with E-state index in [2.05, 4.69) is 22.2 Å². The lowest BCUT2D eigenvalue weighted by molar-refractivity contribution is -0.155. The summed E-state index contributed by atoms with van der Waals surface area (Å²) in [6.07, 6.45) is 0.885. The van der Waals surface area contributed by atoms with Gasteiger partial charge in [-0.1, -0.05) is 0 Å². The number of nitrogens with zero attached hydrogens (tertiary/aromatic N) is 2. The molecule has 5 nitrogen and oxygen atoms in total. The van der Waals surface area contributed by atoms with Crippen molar-refractivity contribution in [3.8, 4) is 0 Å². The standard InChI is InChI=1S/C11H21N3O2/c1-13-6-3-11(9-13,10(15)16-2)14-7-4-12-5-8-14/h12H,3-9H2,1-2H3. The maximum absolute atomic E-state index is 12.1. The number of likely N-dealkylation sites (N-methyl/N-ethyl adjacent to an activating group) is 1. The first kappa shape index (κ1) is 11.8. The van der Waals surface area contributed by atoms with Crippen molar-refractivity contribution in [1.82, 2.24) is 15.1 Å². The molecule has 0 spiro atoms. The number of hydrogen-bond acceptors (Lipinski definition) is 5. The van der Waals surface area contributed by atoms with E-state index >= 15 is 0 Å². The van der Waals surface area contributed by atoms with Gasteiger partial charge in [0.25, 0.3) is 0 Å². The average Bonchev–Trinajstić information content (AvgIpc) is 2.73. The fourth-order valence-electron chi connectivity index (χ4n) is 2.82. The fraction of sp³-hybridized carbons (Fsp3) is 0.909. The summed E-state index contributed by atoms with van der Waals surface area (Å²) in [5, 5.41) is 3.32. The van der Waals surface area contributed by atoms with Crippen LogP contribution in [0.3, 0.4) is 0 Å². The van der Waals surface area contributed by atoms with E-state index in [1.807, 2.05) is 0 Å². The van der Waals surface area contributed by atoms with Gasteiger partial charge in [-0.15, -0.1) is 0 Å². The normalized spacial score (nSPS) is 32.9. The predicted octanol–water partition coefficient (Wildman–Crippen LogP) is -0.861. The molecule has 2 aliphatic rings. The van der Waals surface area contributed by atoms with Gasteiger partial charge >= 0.3 is 5.97 Å². The van der Waals surface area contributed by atoms with Crippen LogP contribution in [0.4, 0.5) is 0 Å². The van der Waals surface area contributed by atoms with Gasteiger partial charge in [-0.05, 0) is 13.5 Å². The summed E-state index contributed by atoms with van der Waals surface area (Å²) in [6, 6.07) is 0. The lowest BCUT2D eigenvalue weighted by Gasteiger charge is -2.41. The molecule has 2 heterocycles. The van der Waals surface area contributed by atoms with Crippen molar-refractivity contribution in [2.24, 2.45) is 0 Å². The number of rotatable bonds is 2. The number of ether oxygens (including phenoxy) is 1. The Morgan fingerprint density at radius 2 is 2.00 bits per heavy atom. The predicted molar refractivity (Wildman–Crippen MR) is 61.3 cm³/mol. The highest BCUT2D eigenvalue weighted by Gasteiger charge is 2.49. The Balaban J connectivity index is 2.16. The summed E-state index contributed by atoms with van der Waals surface area (Å²) in [4.78, 5) is 16.6. The number of hydrogen-bond donors (Lipinski definition) is 1. The SMILES string of the molecule is COC(=O)C1(N2CCNCC2)CCN(C)C1. The second kappa shape index (κ2) is 4.69. The van der Waals surface area contributed by atoms with Crippen molar-refractivity contribution >= 4 is 5.97 Å². The minimum absolute atomic E-state index is 0.0706. The molecule has 0 radical (unpaired) electrons. The molecule has 0 bridgehead atoms. The van der Waals surface area contributed by atoms with E-state index in [4.69, 9.17) is 4.74 Å². The van der Waals surface area contributed by atoms with Crippen molar-refractivity contribution in [3.05, 3.63) is 0 Å². The number of esters is 1. The van der Waals surface area contributed by atoms with Gasteiger partial charge in [0.1, 0.15) is 5.54 Å². The summed E-state index contributed by atoms with van der Waals surface area (Å²) >= 11 is 0. The van der Waals surface area contributed by atoms with Gasteiger partial charge in [0.2, 0.25) is 0 Å². The van der Waals surface area contributed by atoms with E-state index in [1.165, 1.54) is 7.11 Å². The Labute approximate surface area is 96.7 Å². The Hall–Kier alpha value is -0.650. The first-order valence-corrected chi connectivity index (χ1v) is 5.92. The molecule has 0 aromatic rings. The Kier molecular flexibility index (Phi) is 3.47. The monoisotopic (exact) mass is 227 g/mol. The Morgan fingerprint density at radius 3 is 2.50 bits per heavy atom. The number of nitrogens with one attached hydrogen (secondary N) is 1. The number of methoxy groups -OCH3 is 1. The molecule has 1 unspecified atom stereocenters. The molecule has 2 fully saturated rings. The van der Waals surface area contributed by atoms with Crippen LogP contribution in [0.25, 0.3) is 0 Å². The zero-order valence-electron chi connectivity index (χ0n) is 10.2. The zero-order chi connectivity index (χ0) is 11.6. The van der Waals surface area contributed by atoms with Crippen LogP contribution >= 0.6 is 0 Å². The third-order valence-corrected chi connectivity index (χ3v) is 3.73. The summed E-state index contributed by atoms with van der Waals surface area (Å²) in [6.45, 7) is 5.55. The Bertz CT molecular complexity index is 266. The summed E-state index contributed by atoms with van der Waals surface area (Å²) in [5.74, 6) is -0.0706. The molecular weight excluding hydrogens is 206 g/mol. The van der Waals surface area contributed by atoms with Gasteiger partial charge in [0, 0.05) is 39.3 Å². The van der Waals surface area contributed by atoms with Crippen molar-refractivity contribution in [2.75, 3.05) is 53.4 Å². The molecule has 0 aromatic carbocycles. The fourth-order valence-corrected chi connectivity index (χ4v) is 2.82. The quantitative estimate of drug-likeness (QED) is 0.622. The van der Waals surface area contributed by atoms with E-state index in [0.29, 0.717) is 0 Å². The molecule has 2 aliphatic heterocycles. The lowest BCUT2D eigenvalue weighted by Crippen LogP contribution is -2.61. The van der Waals surface area contributed by atoms with Gasteiger partial charge in [-0.2, -0.15) is 0 Å². The maximum Gasteiger partial charge on any atom is 0.327 e. The van der Waals surface area contributed by atoms with E-state index < -0.39 is 5.54 Å². The summed E-state index contributed by atoms with van der Waals surface area (Å²) < 4.78 is 5.01. The van der Waals surface area contributed by atoms with E-state index in [0.717, 1.165) is 45.7 Å². The molecule has 1 atom stereocenters. The highest BCUT2D eigenvalue weighted by Crippen LogP contribution is 2.28. The number of piperazine rings is 1. The topological polar surface area (TPSA) is 44.8 Å². The zero-order valence-corrected chi connectivity index (χ0v) is 10.2. The van der Waals surface area contributed by atoms with E-state index in [9.17, 15) is 4.79 Å². The number of carbonyl (C=O) groups is 1. The third kappa shape index (κ3) is 1.95. The molecular formula is C11H21N3O2. The third-order valence-electron chi connectivity index (χ3n) is 3.73. The number of carbonyl (C=O) groups excluding carboxylic acids is 1. The molecule has 1 N–H and O–H groups in total. The van der Waals surface area contributed by atoms with Crippen LogP contribution in [0.1, 0.15) is 6.42 Å². The van der Waals surface area contributed by atoms with Crippen molar-refractivity contribution in [1.29, 1.82) is 0 Å². The molecule has 92 valence electrons. The molecule has 0 aromatic heterocycles. The highest BCUT2D eigenvalue weighted by atomic mass is 16.5. The molecule has 0 saturated carbocycles. The van der Waals surface area contributed by atoms with Crippen molar-refractivity contribution in [3.63, 3.8) is 0 Å². The van der Waals surface area contributed by atoms with Crippen LogP contribution in [0.15, 0.2) is 0 Å². The minimum atomic E-state index is -0.397. The average molecular weight is 227 g/mol. The smallest absolute Gasteiger partial charge is 0.327 e. The van der Waals surface area contributed by atoms with Crippen LogP contribution in [-0.2, 0) is 9.53 Å². The van der Waals surface area contributed by atoms with Crippen LogP contribution < -0.4 is 5.32 Å². The van der Waals surface area contributed by atoms with Crippen LogP contribution in [0.2, 0.25) is 0 Å². The van der Waals surface area contributed by atoms with E-state index in [1.54, 1.807) is 0 Å². The summed E-state index contributed by atoms with van der Waals surface area (Å²) in [7, 11) is 3.55. The van der Waals surface area contributed by atoms with Crippen LogP contribution in [0, 0.1) is 0 Å². The van der Waals surface area contributed by atoms with Crippen molar-refractivity contribution < 1.29 is 9.53 Å². The van der Waals surface area contributed by atoms with Crippen LogP contribution in [0.5, 0.6) is 0 Å².